The molecule has 14 aromatic carbocycles. The van der Waals surface area contributed by atoms with Gasteiger partial charge in [-0.1, -0.05) is 267 Å². The minimum Gasteiger partial charge on any atom is -0.256 e. The normalized spacial score (nSPS) is 11.7. The van der Waals surface area contributed by atoms with Crippen molar-refractivity contribution in [2.45, 2.75) is 0 Å². The molecule has 0 N–H and O–H groups in total. The summed E-state index contributed by atoms with van der Waals surface area (Å²) in [7, 11) is 0. The van der Waals surface area contributed by atoms with E-state index in [1.165, 1.54) is 120 Å². The van der Waals surface area contributed by atoms with Crippen LogP contribution in [0.5, 0.6) is 0 Å². The lowest BCUT2D eigenvalue weighted by Crippen LogP contribution is -1.94. The predicted octanol–water partition coefficient (Wildman–Crippen LogP) is 21.9. The number of fused-ring (bicyclic) bond motifs is 7. The molecule has 0 unspecified atom stereocenters. The topological polar surface area (TPSA) is 25.8 Å². The van der Waals surface area contributed by atoms with Crippen LogP contribution in [-0.4, -0.2) is 9.97 Å². The first kappa shape index (κ1) is 47.2. The zero-order valence-corrected chi connectivity index (χ0v) is 44.8. The first-order valence-electron chi connectivity index (χ1n) is 28.2. The number of pyridine rings is 2. The summed E-state index contributed by atoms with van der Waals surface area (Å²) < 4.78 is 0. The summed E-state index contributed by atoms with van der Waals surface area (Å²) in [5.41, 5.74) is 18.1. The number of benzene rings is 14. The van der Waals surface area contributed by atoms with E-state index < -0.39 is 0 Å². The van der Waals surface area contributed by atoms with E-state index >= 15 is 0 Å². The van der Waals surface area contributed by atoms with Gasteiger partial charge in [-0.25, -0.2) is 0 Å². The van der Waals surface area contributed by atoms with E-state index in [0.717, 1.165) is 44.8 Å². The molecule has 2 aromatic heterocycles. The Morgan fingerprint density at radius 3 is 0.963 bits per heavy atom. The molecule has 2 heteroatoms. The summed E-state index contributed by atoms with van der Waals surface area (Å²) in [5.74, 6) is 0. The van der Waals surface area contributed by atoms with Crippen LogP contribution in [0.1, 0.15) is 0 Å². The molecular weight excluding hydrogens is 989 g/mol. The maximum atomic E-state index is 5.27. The average molecular weight is 1040 g/mol. The van der Waals surface area contributed by atoms with Crippen LogP contribution in [0.25, 0.3) is 165 Å². The molecule has 16 aromatic rings. The quantitative estimate of drug-likeness (QED) is 0.142. The van der Waals surface area contributed by atoms with Crippen molar-refractivity contribution < 1.29 is 0 Å². The standard InChI is InChI=1S/C80H50N2/c1-2-17-51(18-3-1)52-35-37-56(38-36-52)77-67-28-10-11-29-68(67)78(59-41-45-75(81-49-59)64-32-14-22-53-19-4-7-25-61(53)64)71-43-39-57(47-73(71)77)58-40-44-72-74(48-58)79(60-42-46-76(82-50-60)65-33-15-23-54-20-5-8-26-62(54)65)69-30-12-13-31-70(69)80(72)66-34-16-24-55-21-6-9-27-63(55)66/h1-50H. The Morgan fingerprint density at radius 2 is 0.488 bits per heavy atom. The first-order chi connectivity index (χ1) is 40.7. The van der Waals surface area contributed by atoms with Crippen molar-refractivity contribution in [2.75, 3.05) is 0 Å². The van der Waals surface area contributed by atoms with Crippen molar-refractivity contribution in [3.05, 3.63) is 304 Å². The van der Waals surface area contributed by atoms with Gasteiger partial charge in [-0.2, -0.15) is 0 Å². The SMILES string of the molecule is c1ccc(-c2ccc(-c3c4ccccc4c(-c4ccc(-c5cccc6ccccc56)nc4)c4ccc(-c5ccc6c(-c7cccc8ccccc78)c7ccccc7c(-c7ccc(-c8cccc9ccccc89)nc7)c6c5)cc34)cc2)cc1. The van der Waals surface area contributed by atoms with Gasteiger partial charge in [-0.15, -0.1) is 0 Å². The predicted molar refractivity (Wildman–Crippen MR) is 348 cm³/mol. The summed E-state index contributed by atoms with van der Waals surface area (Å²) >= 11 is 0. The lowest BCUT2D eigenvalue weighted by atomic mass is 9.83. The van der Waals surface area contributed by atoms with E-state index in [1.807, 2.05) is 0 Å². The monoisotopic (exact) mass is 1040 g/mol. The van der Waals surface area contributed by atoms with Crippen LogP contribution >= 0.6 is 0 Å². The van der Waals surface area contributed by atoms with Crippen molar-refractivity contribution in [1.29, 1.82) is 0 Å². The van der Waals surface area contributed by atoms with Crippen LogP contribution in [-0.2, 0) is 0 Å². The number of rotatable bonds is 8. The second-order valence-electron chi connectivity index (χ2n) is 21.5. The summed E-state index contributed by atoms with van der Waals surface area (Å²) in [6, 6.07) is 106. The van der Waals surface area contributed by atoms with Crippen LogP contribution in [0.4, 0.5) is 0 Å². The zero-order valence-electron chi connectivity index (χ0n) is 44.8. The van der Waals surface area contributed by atoms with Crippen molar-refractivity contribution in [3.63, 3.8) is 0 Å². The molecule has 82 heavy (non-hydrogen) atoms. The van der Waals surface area contributed by atoms with E-state index in [0.29, 0.717) is 0 Å². The Hall–Kier alpha value is -10.8. The molecular formula is C80H50N2. The first-order valence-corrected chi connectivity index (χ1v) is 28.2. The van der Waals surface area contributed by atoms with Gasteiger partial charge >= 0.3 is 0 Å². The molecule has 0 atom stereocenters. The maximum Gasteiger partial charge on any atom is 0.0708 e. The maximum absolute atomic E-state index is 5.27. The highest BCUT2D eigenvalue weighted by Crippen LogP contribution is 2.49. The number of aromatic nitrogens is 2. The lowest BCUT2D eigenvalue weighted by molar-refractivity contribution is 1.34. The third-order valence-electron chi connectivity index (χ3n) is 17.0. The van der Waals surface area contributed by atoms with Crippen LogP contribution in [0.15, 0.2) is 304 Å². The fourth-order valence-electron chi connectivity index (χ4n) is 13.1. The molecule has 0 radical (unpaired) electrons. The van der Waals surface area contributed by atoms with E-state index in [4.69, 9.17) is 9.97 Å². The molecule has 0 aliphatic heterocycles. The highest BCUT2D eigenvalue weighted by molar-refractivity contribution is 6.25. The molecule has 0 amide bonds. The van der Waals surface area contributed by atoms with Gasteiger partial charge in [0.15, 0.2) is 0 Å². The zero-order chi connectivity index (χ0) is 54.1. The van der Waals surface area contributed by atoms with Gasteiger partial charge in [-0.3, -0.25) is 9.97 Å². The Balaban J connectivity index is 0.930. The summed E-state index contributed by atoms with van der Waals surface area (Å²) in [6.07, 6.45) is 4.16. The second kappa shape index (κ2) is 19.5. The Labute approximate surface area is 475 Å². The fourth-order valence-corrected chi connectivity index (χ4v) is 13.1. The number of hydrogen-bond donors (Lipinski definition) is 0. The molecule has 16 rings (SSSR count). The third kappa shape index (κ3) is 7.87. The summed E-state index contributed by atoms with van der Waals surface area (Å²) in [4.78, 5) is 10.5. The minimum absolute atomic E-state index is 0.951. The van der Waals surface area contributed by atoms with Crippen molar-refractivity contribution >= 4 is 75.4 Å². The van der Waals surface area contributed by atoms with Gasteiger partial charge in [0.2, 0.25) is 0 Å². The van der Waals surface area contributed by atoms with Gasteiger partial charge in [-0.05, 0) is 155 Å². The Bertz CT molecular complexity index is 5160. The van der Waals surface area contributed by atoms with Gasteiger partial charge in [0.1, 0.15) is 0 Å². The molecule has 2 nitrogen and oxygen atoms in total. The van der Waals surface area contributed by atoms with Crippen molar-refractivity contribution in [3.8, 4) is 89.3 Å². The molecule has 0 saturated heterocycles. The van der Waals surface area contributed by atoms with Crippen LogP contribution in [0.2, 0.25) is 0 Å². The largest absolute Gasteiger partial charge is 0.256 e. The molecule has 0 aliphatic rings. The highest BCUT2D eigenvalue weighted by atomic mass is 14.7. The van der Waals surface area contributed by atoms with E-state index in [9.17, 15) is 0 Å². The van der Waals surface area contributed by atoms with Crippen molar-refractivity contribution in [2.24, 2.45) is 0 Å². The van der Waals surface area contributed by atoms with Gasteiger partial charge in [0.05, 0.1) is 11.4 Å². The van der Waals surface area contributed by atoms with E-state index in [2.05, 4.69) is 304 Å². The minimum atomic E-state index is 0.951. The fraction of sp³-hybridized carbons (Fsp3) is 0. The molecule has 0 spiro atoms. The summed E-state index contributed by atoms with van der Waals surface area (Å²) in [6.45, 7) is 0. The highest BCUT2D eigenvalue weighted by Gasteiger charge is 2.22. The molecule has 0 saturated carbocycles. The third-order valence-corrected chi connectivity index (χ3v) is 17.0. The molecule has 0 fully saturated rings. The average Bonchev–Trinajstić information content (AvgIpc) is 3.68. The molecule has 0 aliphatic carbocycles. The van der Waals surface area contributed by atoms with E-state index in [1.54, 1.807) is 0 Å². The van der Waals surface area contributed by atoms with Crippen LogP contribution in [0, 0.1) is 0 Å². The lowest BCUT2D eigenvalue weighted by Gasteiger charge is -2.20. The molecule has 0 bridgehead atoms. The van der Waals surface area contributed by atoms with Crippen molar-refractivity contribution in [1.82, 2.24) is 9.97 Å². The van der Waals surface area contributed by atoms with Crippen LogP contribution < -0.4 is 0 Å². The van der Waals surface area contributed by atoms with Crippen LogP contribution in [0.3, 0.4) is 0 Å². The molecule has 2 heterocycles. The summed E-state index contributed by atoms with van der Waals surface area (Å²) in [5, 5.41) is 16.7. The Morgan fingerprint density at radius 1 is 0.171 bits per heavy atom. The smallest absolute Gasteiger partial charge is 0.0708 e. The number of hydrogen-bond acceptors (Lipinski definition) is 2. The van der Waals surface area contributed by atoms with Gasteiger partial charge < -0.3 is 0 Å². The van der Waals surface area contributed by atoms with Gasteiger partial charge in [0, 0.05) is 34.6 Å². The molecule has 380 valence electrons. The Kier molecular flexibility index (Phi) is 11.2. The van der Waals surface area contributed by atoms with Gasteiger partial charge in [0.25, 0.3) is 0 Å². The number of nitrogens with zero attached hydrogens (tertiary/aromatic N) is 2. The second-order valence-corrected chi connectivity index (χ2v) is 21.5. The van der Waals surface area contributed by atoms with E-state index in [-0.39, 0.29) is 0 Å².